The van der Waals surface area contributed by atoms with Crippen LogP contribution in [0.15, 0.2) is 17.5 Å². The highest BCUT2D eigenvalue weighted by Crippen LogP contribution is 2.12. The van der Waals surface area contributed by atoms with Crippen LogP contribution < -0.4 is 5.32 Å². The fraction of sp³-hybridized carbons (Fsp3) is 0.667. The van der Waals surface area contributed by atoms with Crippen LogP contribution in [0.3, 0.4) is 0 Å². The lowest BCUT2D eigenvalue weighted by atomic mass is 10.1. The highest BCUT2D eigenvalue weighted by molar-refractivity contribution is 7.98. The average Bonchev–Trinajstić information content (AvgIpc) is 2.71. The van der Waals surface area contributed by atoms with Crippen LogP contribution in [0, 0.1) is 0 Å². The SMILES string of the molecule is CSCC(CCO)NC(C)Cc1cccs1. The van der Waals surface area contributed by atoms with E-state index in [1.807, 2.05) is 23.1 Å². The Bertz CT molecular complexity index is 258. The van der Waals surface area contributed by atoms with E-state index < -0.39 is 0 Å². The van der Waals surface area contributed by atoms with Crippen molar-refractivity contribution in [3.05, 3.63) is 22.4 Å². The Morgan fingerprint density at radius 2 is 2.38 bits per heavy atom. The largest absolute Gasteiger partial charge is 0.396 e. The molecule has 0 amide bonds. The van der Waals surface area contributed by atoms with Crippen molar-refractivity contribution in [2.24, 2.45) is 0 Å². The minimum Gasteiger partial charge on any atom is -0.396 e. The van der Waals surface area contributed by atoms with Crippen molar-refractivity contribution in [2.45, 2.75) is 31.8 Å². The van der Waals surface area contributed by atoms with Gasteiger partial charge in [0.05, 0.1) is 0 Å². The highest BCUT2D eigenvalue weighted by Gasteiger charge is 2.11. The van der Waals surface area contributed by atoms with Crippen LogP contribution in [0.25, 0.3) is 0 Å². The smallest absolute Gasteiger partial charge is 0.0446 e. The van der Waals surface area contributed by atoms with Gasteiger partial charge in [0.2, 0.25) is 0 Å². The molecule has 1 heterocycles. The van der Waals surface area contributed by atoms with Crippen molar-refractivity contribution in [3.63, 3.8) is 0 Å². The van der Waals surface area contributed by atoms with Gasteiger partial charge in [0, 0.05) is 29.3 Å². The van der Waals surface area contributed by atoms with Gasteiger partial charge in [-0.1, -0.05) is 6.07 Å². The van der Waals surface area contributed by atoms with E-state index in [1.165, 1.54) is 4.88 Å². The molecule has 0 aliphatic carbocycles. The van der Waals surface area contributed by atoms with Gasteiger partial charge in [0.15, 0.2) is 0 Å². The number of hydrogen-bond donors (Lipinski definition) is 2. The molecule has 0 saturated carbocycles. The van der Waals surface area contributed by atoms with Crippen LogP contribution in [-0.4, -0.2) is 35.8 Å². The van der Waals surface area contributed by atoms with Crippen molar-refractivity contribution in [1.82, 2.24) is 5.32 Å². The lowest BCUT2D eigenvalue weighted by Gasteiger charge is -2.21. The van der Waals surface area contributed by atoms with E-state index in [0.717, 1.165) is 18.6 Å². The zero-order chi connectivity index (χ0) is 11.8. The maximum absolute atomic E-state index is 8.99. The predicted molar refractivity (Wildman–Crippen MR) is 74.5 cm³/mol. The summed E-state index contributed by atoms with van der Waals surface area (Å²) < 4.78 is 0. The molecule has 0 spiro atoms. The molecule has 1 aromatic heterocycles. The quantitative estimate of drug-likeness (QED) is 0.752. The molecule has 2 nitrogen and oxygen atoms in total. The molecular weight excluding hydrogens is 238 g/mol. The minimum atomic E-state index is 0.268. The zero-order valence-corrected chi connectivity index (χ0v) is 11.6. The van der Waals surface area contributed by atoms with E-state index in [-0.39, 0.29) is 6.61 Å². The van der Waals surface area contributed by atoms with E-state index in [1.54, 1.807) is 0 Å². The van der Waals surface area contributed by atoms with Gasteiger partial charge in [-0.05, 0) is 37.5 Å². The number of thiophene rings is 1. The Morgan fingerprint density at radius 3 is 2.94 bits per heavy atom. The molecule has 0 radical (unpaired) electrons. The molecule has 1 rings (SSSR count). The molecule has 0 bridgehead atoms. The van der Waals surface area contributed by atoms with E-state index >= 15 is 0 Å². The first-order valence-electron chi connectivity index (χ1n) is 5.64. The topological polar surface area (TPSA) is 32.3 Å². The summed E-state index contributed by atoms with van der Waals surface area (Å²) in [6.07, 6.45) is 4.03. The molecule has 0 saturated heterocycles. The predicted octanol–water partition coefficient (Wildman–Crippen LogP) is 2.38. The van der Waals surface area contributed by atoms with Gasteiger partial charge in [-0.2, -0.15) is 11.8 Å². The fourth-order valence-corrected chi connectivity index (χ4v) is 3.26. The van der Waals surface area contributed by atoms with Gasteiger partial charge in [-0.3, -0.25) is 0 Å². The average molecular weight is 259 g/mol. The third kappa shape index (κ3) is 5.34. The maximum Gasteiger partial charge on any atom is 0.0446 e. The third-order valence-corrected chi connectivity index (χ3v) is 4.09. The summed E-state index contributed by atoms with van der Waals surface area (Å²) in [4.78, 5) is 1.42. The Hall–Kier alpha value is -0.0300. The summed E-state index contributed by atoms with van der Waals surface area (Å²) in [7, 11) is 0. The van der Waals surface area contributed by atoms with E-state index in [4.69, 9.17) is 5.11 Å². The van der Waals surface area contributed by atoms with Crippen molar-refractivity contribution >= 4 is 23.1 Å². The van der Waals surface area contributed by atoms with Crippen LogP contribution in [-0.2, 0) is 6.42 Å². The molecule has 0 aromatic carbocycles. The van der Waals surface area contributed by atoms with Crippen molar-refractivity contribution < 1.29 is 5.11 Å². The van der Waals surface area contributed by atoms with Crippen LogP contribution >= 0.6 is 23.1 Å². The Morgan fingerprint density at radius 1 is 1.56 bits per heavy atom. The highest BCUT2D eigenvalue weighted by atomic mass is 32.2. The molecule has 1 aromatic rings. The van der Waals surface area contributed by atoms with Gasteiger partial charge >= 0.3 is 0 Å². The summed E-state index contributed by atoms with van der Waals surface area (Å²) in [6.45, 7) is 2.48. The van der Waals surface area contributed by atoms with Crippen molar-refractivity contribution in [1.29, 1.82) is 0 Å². The van der Waals surface area contributed by atoms with E-state index in [0.29, 0.717) is 12.1 Å². The summed E-state index contributed by atoms with van der Waals surface area (Å²) >= 11 is 3.64. The molecule has 2 atom stereocenters. The molecule has 2 N–H and O–H groups in total. The van der Waals surface area contributed by atoms with Gasteiger partial charge < -0.3 is 10.4 Å². The first-order valence-corrected chi connectivity index (χ1v) is 7.91. The summed E-state index contributed by atoms with van der Waals surface area (Å²) in [5, 5.41) is 14.7. The number of aliphatic hydroxyl groups is 1. The normalized spacial score (nSPS) is 14.9. The monoisotopic (exact) mass is 259 g/mol. The second-order valence-electron chi connectivity index (χ2n) is 4.02. The first-order chi connectivity index (χ1) is 7.76. The number of thioether (sulfide) groups is 1. The molecule has 0 aliphatic rings. The molecule has 2 unspecified atom stereocenters. The Balaban J connectivity index is 2.32. The molecule has 4 heteroatoms. The third-order valence-electron chi connectivity index (χ3n) is 2.45. The molecular formula is C12H21NOS2. The zero-order valence-electron chi connectivity index (χ0n) is 9.98. The number of nitrogens with one attached hydrogen (secondary N) is 1. The summed E-state index contributed by atoms with van der Waals surface area (Å²) in [5.41, 5.74) is 0. The minimum absolute atomic E-state index is 0.268. The molecule has 92 valence electrons. The van der Waals surface area contributed by atoms with Crippen LogP contribution in [0.2, 0.25) is 0 Å². The van der Waals surface area contributed by atoms with Crippen molar-refractivity contribution in [3.8, 4) is 0 Å². The fourth-order valence-electron chi connectivity index (χ4n) is 1.76. The van der Waals surface area contributed by atoms with Gasteiger partial charge in [-0.15, -0.1) is 11.3 Å². The Labute approximate surface area is 106 Å². The second kappa shape index (κ2) is 8.12. The lowest BCUT2D eigenvalue weighted by molar-refractivity contribution is 0.265. The van der Waals surface area contributed by atoms with Gasteiger partial charge in [0.1, 0.15) is 0 Å². The van der Waals surface area contributed by atoms with Crippen LogP contribution in [0.5, 0.6) is 0 Å². The van der Waals surface area contributed by atoms with E-state index in [2.05, 4.69) is 36.0 Å². The maximum atomic E-state index is 8.99. The standard InChI is InChI=1S/C12H21NOS2/c1-10(8-12-4-3-7-16-12)13-11(5-6-14)9-15-2/h3-4,7,10-11,13-14H,5-6,8-9H2,1-2H3. The molecule has 0 fully saturated rings. The number of rotatable bonds is 8. The number of aliphatic hydroxyl groups excluding tert-OH is 1. The van der Waals surface area contributed by atoms with Gasteiger partial charge in [0.25, 0.3) is 0 Å². The summed E-state index contributed by atoms with van der Waals surface area (Å²) in [6, 6.07) is 5.18. The molecule has 16 heavy (non-hydrogen) atoms. The van der Waals surface area contributed by atoms with Crippen molar-refractivity contribution in [2.75, 3.05) is 18.6 Å². The van der Waals surface area contributed by atoms with E-state index in [9.17, 15) is 0 Å². The van der Waals surface area contributed by atoms with Crippen LogP contribution in [0.4, 0.5) is 0 Å². The Kier molecular flexibility index (Phi) is 7.12. The first kappa shape index (κ1) is 14.0. The second-order valence-corrected chi connectivity index (χ2v) is 5.96. The molecule has 0 aliphatic heterocycles. The summed E-state index contributed by atoms with van der Waals surface area (Å²) in [5.74, 6) is 1.06. The lowest BCUT2D eigenvalue weighted by Crippen LogP contribution is -2.39. The number of hydrogen-bond acceptors (Lipinski definition) is 4. The van der Waals surface area contributed by atoms with Crippen LogP contribution in [0.1, 0.15) is 18.2 Å². The van der Waals surface area contributed by atoms with Gasteiger partial charge in [-0.25, -0.2) is 0 Å².